The van der Waals surface area contributed by atoms with Gasteiger partial charge in [0.05, 0.1) is 25.0 Å². The molecule has 0 aliphatic carbocycles. The van der Waals surface area contributed by atoms with Crippen molar-refractivity contribution in [1.82, 2.24) is 0 Å². The van der Waals surface area contributed by atoms with Gasteiger partial charge in [-0.2, -0.15) is 0 Å². The molecular formula is C15H30N+. The van der Waals surface area contributed by atoms with Crippen molar-refractivity contribution in [3.63, 3.8) is 0 Å². The molecule has 2 aliphatic heterocycles. The van der Waals surface area contributed by atoms with Gasteiger partial charge in [-0.05, 0) is 33.6 Å². The number of fused-ring (bicyclic) bond motifs is 1. The number of hydrogen-bond acceptors (Lipinski definition) is 0. The van der Waals surface area contributed by atoms with Crippen LogP contribution in [0.3, 0.4) is 0 Å². The van der Waals surface area contributed by atoms with Gasteiger partial charge in [0.15, 0.2) is 0 Å². The van der Waals surface area contributed by atoms with Crippen LogP contribution in [0.2, 0.25) is 0 Å². The van der Waals surface area contributed by atoms with E-state index in [9.17, 15) is 0 Å². The minimum absolute atomic E-state index is 0.482. The third kappa shape index (κ3) is 1.21. The fourth-order valence-electron chi connectivity index (χ4n) is 4.78. The van der Waals surface area contributed by atoms with E-state index < -0.39 is 0 Å². The van der Waals surface area contributed by atoms with Gasteiger partial charge in [-0.15, -0.1) is 0 Å². The number of rotatable bonds is 2. The molecule has 0 spiro atoms. The maximum Gasteiger partial charge on any atom is 0.105 e. The third-order valence-electron chi connectivity index (χ3n) is 6.74. The first-order chi connectivity index (χ1) is 7.29. The second-order valence-electron chi connectivity index (χ2n) is 7.31. The highest BCUT2D eigenvalue weighted by Gasteiger charge is 2.68. The van der Waals surface area contributed by atoms with E-state index in [1.165, 1.54) is 36.7 Å². The molecule has 4 atom stereocenters. The summed E-state index contributed by atoms with van der Waals surface area (Å²) in [5.74, 6) is 1.85. The number of nitrogens with zero attached hydrogens (tertiary/aromatic N) is 1. The highest BCUT2D eigenvalue weighted by molar-refractivity contribution is 5.01. The molecule has 2 aliphatic rings. The van der Waals surface area contributed by atoms with E-state index in [1.54, 1.807) is 0 Å². The van der Waals surface area contributed by atoms with Crippen LogP contribution in [0.1, 0.15) is 60.3 Å². The normalized spacial score (nSPS) is 50.6. The molecule has 0 aromatic rings. The van der Waals surface area contributed by atoms with Crippen LogP contribution >= 0.6 is 0 Å². The summed E-state index contributed by atoms with van der Waals surface area (Å²) in [5.41, 5.74) is 1.04. The van der Waals surface area contributed by atoms with Crippen LogP contribution in [0.25, 0.3) is 0 Å². The molecule has 94 valence electrons. The van der Waals surface area contributed by atoms with Gasteiger partial charge in [0.25, 0.3) is 0 Å². The molecule has 0 N–H and O–H groups in total. The second kappa shape index (κ2) is 3.48. The fraction of sp³-hybridized carbons (Fsp3) is 1.00. The van der Waals surface area contributed by atoms with Crippen molar-refractivity contribution in [2.24, 2.45) is 11.8 Å². The van der Waals surface area contributed by atoms with Crippen LogP contribution < -0.4 is 0 Å². The fourth-order valence-corrected chi connectivity index (χ4v) is 4.78. The predicted molar refractivity (Wildman–Crippen MR) is 70.3 cm³/mol. The Morgan fingerprint density at radius 2 is 1.88 bits per heavy atom. The van der Waals surface area contributed by atoms with Gasteiger partial charge >= 0.3 is 0 Å². The quantitative estimate of drug-likeness (QED) is 0.625. The van der Waals surface area contributed by atoms with Gasteiger partial charge in [-0.1, -0.05) is 20.3 Å². The molecule has 1 nitrogen and oxygen atoms in total. The molecule has 2 rings (SSSR count). The minimum atomic E-state index is 0.482. The molecule has 2 saturated heterocycles. The van der Waals surface area contributed by atoms with Crippen LogP contribution in [0.5, 0.6) is 0 Å². The lowest BCUT2D eigenvalue weighted by molar-refractivity contribution is -1.06. The molecule has 0 bridgehead atoms. The highest BCUT2D eigenvalue weighted by atomic mass is 15.5. The first-order valence-corrected chi connectivity index (χ1v) is 7.15. The van der Waals surface area contributed by atoms with Gasteiger partial charge in [0.1, 0.15) is 5.54 Å². The zero-order valence-corrected chi connectivity index (χ0v) is 12.1. The summed E-state index contributed by atoms with van der Waals surface area (Å²) in [6.45, 7) is 13.8. The van der Waals surface area contributed by atoms with Gasteiger partial charge in [-0.25, -0.2) is 0 Å². The van der Waals surface area contributed by atoms with Crippen LogP contribution in [0.4, 0.5) is 0 Å². The Balaban J connectivity index is 2.28. The van der Waals surface area contributed by atoms with E-state index in [0.29, 0.717) is 11.1 Å². The molecule has 0 aromatic carbocycles. The Morgan fingerprint density at radius 1 is 1.25 bits per heavy atom. The SMILES string of the molecule is CCCC1CCC2(C)[C@@H](C)C[N+]2(C)C1(C)C. The minimum Gasteiger partial charge on any atom is -0.316 e. The molecule has 1 heteroatoms. The zero-order chi connectivity index (χ0) is 12.2. The smallest absolute Gasteiger partial charge is 0.105 e. The molecule has 2 heterocycles. The van der Waals surface area contributed by atoms with Crippen LogP contribution in [-0.2, 0) is 0 Å². The van der Waals surface area contributed by atoms with E-state index in [2.05, 4.69) is 41.7 Å². The molecule has 0 amide bonds. The Kier molecular flexibility index (Phi) is 2.70. The lowest BCUT2D eigenvalue weighted by Gasteiger charge is -2.72. The number of hydrogen-bond donors (Lipinski definition) is 0. The lowest BCUT2D eigenvalue weighted by Crippen LogP contribution is -2.85. The van der Waals surface area contributed by atoms with E-state index in [1.807, 2.05) is 0 Å². The van der Waals surface area contributed by atoms with E-state index in [-0.39, 0.29) is 0 Å². The summed E-state index contributed by atoms with van der Waals surface area (Å²) < 4.78 is 1.33. The maximum absolute atomic E-state index is 2.53. The maximum atomic E-state index is 2.53. The van der Waals surface area contributed by atoms with Crippen LogP contribution in [0, 0.1) is 11.8 Å². The molecular weight excluding hydrogens is 194 g/mol. The van der Waals surface area contributed by atoms with Crippen molar-refractivity contribution < 1.29 is 4.48 Å². The van der Waals surface area contributed by atoms with Gasteiger partial charge < -0.3 is 4.48 Å². The summed E-state index contributed by atoms with van der Waals surface area (Å²) in [7, 11) is 2.52. The van der Waals surface area contributed by atoms with Crippen LogP contribution in [-0.4, -0.2) is 29.2 Å². The zero-order valence-electron chi connectivity index (χ0n) is 12.1. The number of piperidine rings is 1. The average Bonchev–Trinajstić information content (AvgIpc) is 2.21. The Labute approximate surface area is 102 Å². The number of quaternary nitrogens is 1. The monoisotopic (exact) mass is 224 g/mol. The first-order valence-electron chi connectivity index (χ1n) is 7.15. The predicted octanol–water partition coefficient (Wildman–Crippen LogP) is 3.83. The summed E-state index contributed by atoms with van der Waals surface area (Å²) >= 11 is 0. The summed E-state index contributed by atoms with van der Waals surface area (Å²) in [5, 5.41) is 0. The summed E-state index contributed by atoms with van der Waals surface area (Å²) in [6.07, 6.45) is 5.67. The Bertz CT molecular complexity index is 283. The lowest BCUT2D eigenvalue weighted by atomic mass is 9.58. The van der Waals surface area contributed by atoms with Crippen molar-refractivity contribution in [2.45, 2.75) is 71.4 Å². The standard InChI is InChI=1S/C15H30N/c1-7-8-13-9-10-15(5)12(2)11-16(15,6)14(13,3)4/h12-13H,7-11H2,1-6H3/q+1/t12-,13?,15?,16?/m0/s1. The summed E-state index contributed by atoms with van der Waals surface area (Å²) in [6, 6.07) is 0. The average molecular weight is 224 g/mol. The largest absolute Gasteiger partial charge is 0.316 e. The Hall–Kier alpha value is -0.0400. The molecule has 0 radical (unpaired) electrons. The highest BCUT2D eigenvalue weighted by Crippen LogP contribution is 2.58. The molecule has 0 aromatic heterocycles. The second-order valence-corrected chi connectivity index (χ2v) is 7.31. The molecule has 16 heavy (non-hydrogen) atoms. The van der Waals surface area contributed by atoms with Gasteiger partial charge in [0, 0.05) is 12.3 Å². The van der Waals surface area contributed by atoms with E-state index >= 15 is 0 Å². The van der Waals surface area contributed by atoms with Gasteiger partial charge in [-0.3, -0.25) is 0 Å². The van der Waals surface area contributed by atoms with Crippen molar-refractivity contribution in [3.8, 4) is 0 Å². The Morgan fingerprint density at radius 3 is 2.38 bits per heavy atom. The molecule has 2 fully saturated rings. The summed E-state index contributed by atoms with van der Waals surface area (Å²) in [4.78, 5) is 0. The first kappa shape index (κ1) is 12.4. The topological polar surface area (TPSA) is 0 Å². The van der Waals surface area contributed by atoms with Gasteiger partial charge in [0.2, 0.25) is 0 Å². The van der Waals surface area contributed by atoms with Crippen LogP contribution in [0.15, 0.2) is 0 Å². The van der Waals surface area contributed by atoms with E-state index in [0.717, 1.165) is 11.8 Å². The van der Waals surface area contributed by atoms with Crippen molar-refractivity contribution in [1.29, 1.82) is 0 Å². The van der Waals surface area contributed by atoms with Crippen molar-refractivity contribution >= 4 is 0 Å². The third-order valence-corrected chi connectivity index (χ3v) is 6.74. The van der Waals surface area contributed by atoms with Crippen molar-refractivity contribution in [3.05, 3.63) is 0 Å². The molecule has 3 unspecified atom stereocenters. The van der Waals surface area contributed by atoms with E-state index in [4.69, 9.17) is 0 Å². The molecule has 0 saturated carbocycles. The van der Waals surface area contributed by atoms with Crippen molar-refractivity contribution in [2.75, 3.05) is 13.6 Å².